The van der Waals surface area contributed by atoms with Gasteiger partial charge in [-0.15, -0.1) is 0 Å². The molecule has 1 amide bonds. The molecule has 25 heavy (non-hydrogen) atoms. The molecule has 1 N–H and O–H groups in total. The van der Waals surface area contributed by atoms with Gasteiger partial charge >= 0.3 is 5.69 Å². The summed E-state index contributed by atoms with van der Waals surface area (Å²) >= 11 is 0. The fourth-order valence-corrected chi connectivity index (χ4v) is 2.76. The first-order valence-electron chi connectivity index (χ1n) is 8.03. The minimum atomic E-state index is -0.251. The number of ether oxygens (including phenoxy) is 1. The molecular formula is C18H20N4O3. The quantitative estimate of drug-likeness (QED) is 0.765. The number of imidazole rings is 1. The third-order valence-electron chi connectivity index (χ3n) is 4.09. The molecule has 0 fully saturated rings. The van der Waals surface area contributed by atoms with Crippen molar-refractivity contribution in [1.29, 1.82) is 0 Å². The van der Waals surface area contributed by atoms with Gasteiger partial charge in [0.05, 0.1) is 17.6 Å². The molecule has 0 bridgehead atoms. The largest absolute Gasteiger partial charge is 0.477 e. The Kier molecular flexibility index (Phi) is 4.56. The Morgan fingerprint density at radius 3 is 2.72 bits per heavy atom. The number of aromatic nitrogens is 3. The lowest BCUT2D eigenvalue weighted by Gasteiger charge is -2.09. The lowest BCUT2D eigenvalue weighted by Crippen LogP contribution is -2.23. The topological polar surface area (TPSA) is 78.2 Å². The maximum Gasteiger partial charge on any atom is 0.328 e. The Bertz CT molecular complexity index is 988. The van der Waals surface area contributed by atoms with E-state index in [9.17, 15) is 9.59 Å². The van der Waals surface area contributed by atoms with Gasteiger partial charge in [-0.2, -0.15) is 0 Å². The van der Waals surface area contributed by atoms with Gasteiger partial charge in [-0.1, -0.05) is 6.07 Å². The number of benzene rings is 1. The number of carbonyl (C=O) groups is 1. The molecule has 3 aromatic rings. The second-order valence-corrected chi connectivity index (χ2v) is 5.70. The Hall–Kier alpha value is -3.09. The summed E-state index contributed by atoms with van der Waals surface area (Å²) in [5.74, 6) is 0.0713. The zero-order valence-electron chi connectivity index (χ0n) is 14.4. The van der Waals surface area contributed by atoms with Crippen LogP contribution in [-0.2, 0) is 20.6 Å². The smallest absolute Gasteiger partial charge is 0.328 e. The molecule has 2 aromatic heterocycles. The minimum absolute atomic E-state index is 0.0760. The SMILES string of the molecule is CCOc1ncccc1C(=O)NCc1ccc2c(c1)n(C)c(=O)n2C. The van der Waals surface area contributed by atoms with Gasteiger partial charge in [-0.05, 0) is 36.8 Å². The van der Waals surface area contributed by atoms with E-state index in [0.29, 0.717) is 24.6 Å². The molecule has 0 aliphatic carbocycles. The number of amides is 1. The monoisotopic (exact) mass is 340 g/mol. The normalized spacial score (nSPS) is 10.8. The van der Waals surface area contributed by atoms with Crippen molar-refractivity contribution in [3.8, 4) is 5.88 Å². The predicted octanol–water partition coefficient (Wildman–Crippen LogP) is 1.60. The van der Waals surface area contributed by atoms with Gasteiger partial charge in [0.1, 0.15) is 5.56 Å². The second kappa shape index (κ2) is 6.80. The van der Waals surface area contributed by atoms with Crippen molar-refractivity contribution in [3.05, 3.63) is 58.1 Å². The van der Waals surface area contributed by atoms with Crippen molar-refractivity contribution in [1.82, 2.24) is 19.4 Å². The molecule has 7 heteroatoms. The number of carbonyl (C=O) groups excluding carboxylic acids is 1. The highest BCUT2D eigenvalue weighted by atomic mass is 16.5. The Balaban J connectivity index is 1.80. The molecule has 0 spiro atoms. The lowest BCUT2D eigenvalue weighted by atomic mass is 10.2. The van der Waals surface area contributed by atoms with E-state index in [1.807, 2.05) is 25.1 Å². The lowest BCUT2D eigenvalue weighted by molar-refractivity contribution is 0.0946. The van der Waals surface area contributed by atoms with Crippen molar-refractivity contribution in [2.75, 3.05) is 6.61 Å². The summed E-state index contributed by atoms with van der Waals surface area (Å²) in [6.07, 6.45) is 1.59. The van der Waals surface area contributed by atoms with E-state index in [0.717, 1.165) is 16.6 Å². The van der Waals surface area contributed by atoms with Crippen molar-refractivity contribution >= 4 is 16.9 Å². The van der Waals surface area contributed by atoms with E-state index in [-0.39, 0.29) is 11.6 Å². The van der Waals surface area contributed by atoms with E-state index in [1.54, 1.807) is 41.6 Å². The third kappa shape index (κ3) is 3.13. The van der Waals surface area contributed by atoms with Gasteiger partial charge in [-0.25, -0.2) is 9.78 Å². The first-order chi connectivity index (χ1) is 12.0. The average molecular weight is 340 g/mol. The van der Waals surface area contributed by atoms with Crippen LogP contribution in [0.3, 0.4) is 0 Å². The standard InChI is InChI=1S/C18H20N4O3/c1-4-25-17-13(6-5-9-19-17)16(23)20-11-12-7-8-14-15(10-12)22(3)18(24)21(14)2/h5-10H,4,11H2,1-3H3,(H,20,23). The van der Waals surface area contributed by atoms with Crippen LogP contribution in [-0.4, -0.2) is 26.6 Å². The zero-order valence-corrected chi connectivity index (χ0v) is 14.4. The van der Waals surface area contributed by atoms with Crippen LogP contribution >= 0.6 is 0 Å². The van der Waals surface area contributed by atoms with Crippen molar-refractivity contribution in [2.45, 2.75) is 13.5 Å². The summed E-state index contributed by atoms with van der Waals surface area (Å²) in [5, 5.41) is 2.87. The summed E-state index contributed by atoms with van der Waals surface area (Å²) in [5.41, 5.74) is 2.92. The summed E-state index contributed by atoms with van der Waals surface area (Å²) in [6, 6.07) is 9.06. The number of aryl methyl sites for hydroxylation is 2. The number of rotatable bonds is 5. The number of pyridine rings is 1. The van der Waals surface area contributed by atoms with Gasteiger partial charge in [-0.3, -0.25) is 13.9 Å². The van der Waals surface area contributed by atoms with Crippen LogP contribution in [0.4, 0.5) is 0 Å². The highest BCUT2D eigenvalue weighted by Crippen LogP contribution is 2.16. The molecule has 0 radical (unpaired) electrons. The van der Waals surface area contributed by atoms with Crippen LogP contribution < -0.4 is 15.7 Å². The van der Waals surface area contributed by atoms with Crippen LogP contribution in [0.25, 0.3) is 11.0 Å². The third-order valence-corrected chi connectivity index (χ3v) is 4.09. The number of nitrogens with zero attached hydrogens (tertiary/aromatic N) is 3. The van der Waals surface area contributed by atoms with Crippen LogP contribution in [0.5, 0.6) is 5.88 Å². The molecule has 3 rings (SSSR count). The average Bonchev–Trinajstić information content (AvgIpc) is 2.84. The van der Waals surface area contributed by atoms with Crippen LogP contribution in [0.1, 0.15) is 22.8 Å². The maximum absolute atomic E-state index is 12.4. The van der Waals surface area contributed by atoms with Crippen LogP contribution in [0, 0.1) is 0 Å². The Morgan fingerprint density at radius 1 is 1.20 bits per heavy atom. The van der Waals surface area contributed by atoms with E-state index in [1.165, 1.54) is 0 Å². The van der Waals surface area contributed by atoms with Gasteiger partial charge in [0.15, 0.2) is 0 Å². The summed E-state index contributed by atoms with van der Waals surface area (Å²) in [4.78, 5) is 28.5. The zero-order chi connectivity index (χ0) is 18.0. The van der Waals surface area contributed by atoms with Crippen molar-refractivity contribution < 1.29 is 9.53 Å². The second-order valence-electron chi connectivity index (χ2n) is 5.70. The first kappa shape index (κ1) is 16.8. The van der Waals surface area contributed by atoms with Gasteiger partial charge < -0.3 is 10.1 Å². The van der Waals surface area contributed by atoms with Gasteiger partial charge in [0, 0.05) is 26.8 Å². The fourth-order valence-electron chi connectivity index (χ4n) is 2.76. The van der Waals surface area contributed by atoms with Gasteiger partial charge in [0.2, 0.25) is 5.88 Å². The number of fused-ring (bicyclic) bond motifs is 1. The summed E-state index contributed by atoms with van der Waals surface area (Å²) < 4.78 is 8.58. The molecule has 7 nitrogen and oxygen atoms in total. The first-order valence-corrected chi connectivity index (χ1v) is 8.03. The Morgan fingerprint density at radius 2 is 1.96 bits per heavy atom. The highest BCUT2D eigenvalue weighted by Gasteiger charge is 2.13. The Labute approximate surface area is 144 Å². The predicted molar refractivity (Wildman–Crippen MR) is 94.7 cm³/mol. The summed E-state index contributed by atoms with van der Waals surface area (Å²) in [7, 11) is 3.47. The molecule has 0 aliphatic rings. The van der Waals surface area contributed by atoms with Crippen LogP contribution in [0.2, 0.25) is 0 Å². The fraction of sp³-hybridized carbons (Fsp3) is 0.278. The van der Waals surface area contributed by atoms with Crippen molar-refractivity contribution in [3.63, 3.8) is 0 Å². The summed E-state index contributed by atoms with van der Waals surface area (Å²) in [6.45, 7) is 2.63. The number of hydrogen-bond acceptors (Lipinski definition) is 4. The van der Waals surface area contributed by atoms with E-state index < -0.39 is 0 Å². The van der Waals surface area contributed by atoms with E-state index >= 15 is 0 Å². The van der Waals surface area contributed by atoms with Crippen LogP contribution in [0.15, 0.2) is 41.3 Å². The molecule has 130 valence electrons. The molecule has 2 heterocycles. The molecular weight excluding hydrogens is 320 g/mol. The minimum Gasteiger partial charge on any atom is -0.477 e. The number of nitrogens with one attached hydrogen (secondary N) is 1. The van der Waals surface area contributed by atoms with E-state index in [2.05, 4.69) is 10.3 Å². The highest BCUT2D eigenvalue weighted by molar-refractivity contribution is 5.96. The molecule has 0 atom stereocenters. The van der Waals surface area contributed by atoms with E-state index in [4.69, 9.17) is 4.74 Å². The molecule has 0 aliphatic heterocycles. The van der Waals surface area contributed by atoms with Crippen molar-refractivity contribution in [2.24, 2.45) is 14.1 Å². The molecule has 0 saturated heterocycles. The maximum atomic E-state index is 12.4. The number of hydrogen-bond donors (Lipinski definition) is 1. The molecule has 1 aromatic carbocycles. The van der Waals surface area contributed by atoms with Gasteiger partial charge in [0.25, 0.3) is 5.91 Å². The molecule has 0 unspecified atom stereocenters. The molecule has 0 saturated carbocycles.